The molecule has 0 radical (unpaired) electrons. The minimum absolute atomic E-state index is 0.150. The van der Waals surface area contributed by atoms with Crippen LogP contribution in [0.5, 0.6) is 0 Å². The fraction of sp³-hybridized carbons (Fsp3) is 0.308. The minimum atomic E-state index is -3.69. The summed E-state index contributed by atoms with van der Waals surface area (Å²) in [5, 5.41) is 7.10. The molecule has 1 aliphatic heterocycles. The monoisotopic (exact) mass is 497 g/mol. The lowest BCUT2D eigenvalue weighted by atomic mass is 10.0. The van der Waals surface area contributed by atoms with Crippen LogP contribution in [0.2, 0.25) is 0 Å². The number of carbonyl (C=O) groups excluding carboxylic acids is 2. The molecule has 0 bridgehead atoms. The number of halogens is 1. The molecule has 1 fully saturated rings. The maximum atomic E-state index is 13.6. The van der Waals surface area contributed by atoms with Gasteiger partial charge in [-0.1, -0.05) is 48.5 Å². The summed E-state index contributed by atoms with van der Waals surface area (Å²) in [7, 11) is -3.69. The molecule has 7 nitrogen and oxygen atoms in total. The average molecular weight is 498 g/mol. The molecule has 3 aromatic rings. The van der Waals surface area contributed by atoms with E-state index in [9.17, 15) is 22.4 Å². The Morgan fingerprint density at radius 3 is 2.43 bits per heavy atom. The van der Waals surface area contributed by atoms with E-state index in [0.717, 1.165) is 5.39 Å². The standard InChI is InChI=1S/C26H28FN3O4S/c1-18(31)28-24(17-19-6-4-9-21(27)16-19)26(32)29-22-12-14-30(15-13-22)35(33,34)25-11-5-8-20-7-2-3-10-23(20)25/h2-11,16,22,24H,12-15,17H2,1H3,(H,28,31)(H,29,32)/t24-/m1/s1. The lowest BCUT2D eigenvalue weighted by Gasteiger charge is -2.32. The first-order valence-corrected chi connectivity index (χ1v) is 13.0. The van der Waals surface area contributed by atoms with Crippen molar-refractivity contribution in [3.05, 3.63) is 78.1 Å². The van der Waals surface area contributed by atoms with Crippen LogP contribution >= 0.6 is 0 Å². The van der Waals surface area contributed by atoms with Gasteiger partial charge in [0.1, 0.15) is 11.9 Å². The topological polar surface area (TPSA) is 95.6 Å². The molecule has 9 heteroatoms. The van der Waals surface area contributed by atoms with Gasteiger partial charge in [0.25, 0.3) is 0 Å². The minimum Gasteiger partial charge on any atom is -0.351 e. The average Bonchev–Trinajstić information content (AvgIpc) is 2.83. The van der Waals surface area contributed by atoms with Gasteiger partial charge in [0, 0.05) is 37.9 Å². The van der Waals surface area contributed by atoms with Gasteiger partial charge in [-0.3, -0.25) is 9.59 Å². The zero-order chi connectivity index (χ0) is 25.0. The molecule has 2 N–H and O–H groups in total. The van der Waals surface area contributed by atoms with Crippen LogP contribution in [-0.4, -0.2) is 49.7 Å². The Morgan fingerprint density at radius 2 is 1.71 bits per heavy atom. The highest BCUT2D eigenvalue weighted by atomic mass is 32.2. The van der Waals surface area contributed by atoms with Crippen molar-refractivity contribution < 1.29 is 22.4 Å². The van der Waals surface area contributed by atoms with Crippen molar-refractivity contribution in [2.45, 2.75) is 43.2 Å². The summed E-state index contributed by atoms with van der Waals surface area (Å²) < 4.78 is 41.7. The molecular formula is C26H28FN3O4S. The van der Waals surface area contributed by atoms with Crippen LogP contribution in [0.4, 0.5) is 4.39 Å². The van der Waals surface area contributed by atoms with Gasteiger partial charge < -0.3 is 10.6 Å². The largest absolute Gasteiger partial charge is 0.351 e. The Kier molecular flexibility index (Phi) is 7.47. The van der Waals surface area contributed by atoms with Crippen molar-refractivity contribution in [2.24, 2.45) is 0 Å². The van der Waals surface area contributed by atoms with Crippen LogP contribution in [-0.2, 0) is 26.0 Å². The van der Waals surface area contributed by atoms with Crippen LogP contribution < -0.4 is 10.6 Å². The Hall–Kier alpha value is -3.30. The SMILES string of the molecule is CC(=O)N[C@H](Cc1cccc(F)c1)C(=O)NC1CCN(S(=O)(=O)c2cccc3ccccc23)CC1. The highest BCUT2D eigenvalue weighted by Crippen LogP contribution is 2.27. The van der Waals surface area contributed by atoms with Crippen LogP contribution in [0.25, 0.3) is 10.8 Å². The number of nitrogens with zero attached hydrogens (tertiary/aromatic N) is 1. The molecule has 4 rings (SSSR count). The predicted octanol–water partition coefficient (Wildman–Crippen LogP) is 3.00. The summed E-state index contributed by atoms with van der Waals surface area (Å²) in [5.74, 6) is -1.15. The van der Waals surface area contributed by atoms with E-state index in [1.54, 1.807) is 30.3 Å². The summed E-state index contributed by atoms with van der Waals surface area (Å²) >= 11 is 0. The van der Waals surface area contributed by atoms with E-state index >= 15 is 0 Å². The van der Waals surface area contributed by atoms with E-state index in [1.165, 1.54) is 23.4 Å². The first-order valence-electron chi connectivity index (χ1n) is 11.5. The number of sulfonamides is 1. The van der Waals surface area contributed by atoms with E-state index in [4.69, 9.17) is 0 Å². The molecule has 0 aromatic heterocycles. The molecule has 184 valence electrons. The van der Waals surface area contributed by atoms with Crippen LogP contribution in [0.3, 0.4) is 0 Å². The van der Waals surface area contributed by atoms with Crippen molar-refractivity contribution in [3.63, 3.8) is 0 Å². The van der Waals surface area contributed by atoms with Crippen LogP contribution in [0, 0.1) is 5.82 Å². The smallest absolute Gasteiger partial charge is 0.243 e. The summed E-state index contributed by atoms with van der Waals surface area (Å²) in [5.41, 5.74) is 0.593. The molecule has 1 saturated heterocycles. The maximum Gasteiger partial charge on any atom is 0.243 e. The second kappa shape index (κ2) is 10.5. The first kappa shape index (κ1) is 24.8. The molecule has 3 aromatic carbocycles. The van der Waals surface area contributed by atoms with Crippen LogP contribution in [0.1, 0.15) is 25.3 Å². The fourth-order valence-corrected chi connectivity index (χ4v) is 6.14. The number of hydrogen-bond acceptors (Lipinski definition) is 4. The van der Waals surface area contributed by atoms with Crippen molar-refractivity contribution >= 4 is 32.6 Å². The lowest BCUT2D eigenvalue weighted by molar-refractivity contribution is -0.128. The molecule has 1 aliphatic rings. The third kappa shape index (κ3) is 5.86. The molecule has 1 atom stereocenters. The second-order valence-electron chi connectivity index (χ2n) is 8.75. The second-order valence-corrected chi connectivity index (χ2v) is 10.7. The Bertz CT molecular complexity index is 1330. The number of rotatable bonds is 7. The highest BCUT2D eigenvalue weighted by Gasteiger charge is 2.32. The molecular weight excluding hydrogens is 469 g/mol. The van der Waals surface area contributed by atoms with Gasteiger partial charge in [-0.2, -0.15) is 4.31 Å². The van der Waals surface area contributed by atoms with Gasteiger partial charge in [-0.15, -0.1) is 0 Å². The Balaban J connectivity index is 1.41. The maximum absolute atomic E-state index is 13.6. The van der Waals surface area contributed by atoms with E-state index in [0.29, 0.717) is 23.8 Å². The number of fused-ring (bicyclic) bond motifs is 1. The van der Waals surface area contributed by atoms with Crippen molar-refractivity contribution in [2.75, 3.05) is 13.1 Å². The van der Waals surface area contributed by atoms with Gasteiger partial charge in [-0.05, 0) is 42.0 Å². The van der Waals surface area contributed by atoms with Gasteiger partial charge in [0.15, 0.2) is 0 Å². The van der Waals surface area contributed by atoms with E-state index < -0.39 is 21.9 Å². The Morgan fingerprint density at radius 1 is 1.03 bits per heavy atom. The van der Waals surface area contributed by atoms with Gasteiger partial charge in [0.2, 0.25) is 21.8 Å². The number of piperidine rings is 1. The fourth-order valence-electron chi connectivity index (χ4n) is 4.46. The zero-order valence-corrected chi connectivity index (χ0v) is 20.2. The summed E-state index contributed by atoms with van der Waals surface area (Å²) in [6.07, 6.45) is 1.04. The molecule has 0 saturated carbocycles. The third-order valence-electron chi connectivity index (χ3n) is 6.19. The molecule has 2 amide bonds. The highest BCUT2D eigenvalue weighted by molar-refractivity contribution is 7.89. The van der Waals surface area contributed by atoms with Crippen LogP contribution in [0.15, 0.2) is 71.6 Å². The number of carbonyl (C=O) groups is 2. The normalized spacial score (nSPS) is 16.1. The van der Waals surface area contributed by atoms with Gasteiger partial charge in [0.05, 0.1) is 4.90 Å². The molecule has 1 heterocycles. The van der Waals surface area contributed by atoms with E-state index in [2.05, 4.69) is 10.6 Å². The summed E-state index contributed by atoms with van der Waals surface area (Å²) in [4.78, 5) is 24.9. The van der Waals surface area contributed by atoms with E-state index in [1.807, 2.05) is 24.3 Å². The van der Waals surface area contributed by atoms with Crippen molar-refractivity contribution in [1.82, 2.24) is 14.9 Å². The van der Waals surface area contributed by atoms with Crippen molar-refractivity contribution in [1.29, 1.82) is 0 Å². The van der Waals surface area contributed by atoms with E-state index in [-0.39, 0.29) is 42.3 Å². The molecule has 0 spiro atoms. The number of nitrogens with one attached hydrogen (secondary N) is 2. The summed E-state index contributed by atoms with van der Waals surface area (Å²) in [6, 6.07) is 17.4. The zero-order valence-electron chi connectivity index (χ0n) is 19.4. The molecule has 0 unspecified atom stereocenters. The first-order chi connectivity index (χ1) is 16.7. The third-order valence-corrected chi connectivity index (χ3v) is 8.15. The molecule has 35 heavy (non-hydrogen) atoms. The lowest BCUT2D eigenvalue weighted by Crippen LogP contribution is -2.53. The molecule has 0 aliphatic carbocycles. The quantitative estimate of drug-likeness (QED) is 0.525. The number of benzene rings is 3. The van der Waals surface area contributed by atoms with Crippen molar-refractivity contribution in [3.8, 4) is 0 Å². The number of hydrogen-bond donors (Lipinski definition) is 2. The number of amides is 2. The Labute approximate surface area is 204 Å². The van der Waals surface area contributed by atoms with Gasteiger partial charge in [-0.25, -0.2) is 12.8 Å². The predicted molar refractivity (Wildman–Crippen MR) is 132 cm³/mol. The summed E-state index contributed by atoms with van der Waals surface area (Å²) in [6.45, 7) is 1.86. The van der Waals surface area contributed by atoms with Gasteiger partial charge >= 0.3 is 0 Å².